The van der Waals surface area contributed by atoms with E-state index in [1.165, 1.54) is 5.56 Å². The van der Waals surface area contributed by atoms with E-state index >= 15 is 0 Å². The zero-order chi connectivity index (χ0) is 13.3. The molecule has 0 N–H and O–H groups in total. The molecule has 0 aromatic heterocycles. The van der Waals surface area contributed by atoms with Gasteiger partial charge in [0, 0.05) is 19.8 Å². The van der Waals surface area contributed by atoms with E-state index in [2.05, 4.69) is 36.9 Å². The first-order chi connectivity index (χ1) is 8.50. The highest BCUT2D eigenvalue weighted by atomic mass is 32.2. The molecular weight excluding hydrogens is 244 g/mol. The molecule has 1 aromatic carbocycles. The van der Waals surface area contributed by atoms with Crippen LogP contribution in [-0.4, -0.2) is 31.6 Å². The second-order valence-corrected chi connectivity index (χ2v) is 6.05. The van der Waals surface area contributed by atoms with Gasteiger partial charge in [0.15, 0.2) is 0 Å². The second-order valence-electron chi connectivity index (χ2n) is 5.09. The molecule has 1 amide bonds. The molecule has 0 saturated carbocycles. The first kappa shape index (κ1) is 13.3. The number of thioether (sulfide) groups is 1. The van der Waals surface area contributed by atoms with E-state index in [0.717, 1.165) is 17.3 Å². The third-order valence-corrected chi connectivity index (χ3v) is 4.08. The van der Waals surface area contributed by atoms with Crippen LogP contribution in [0.3, 0.4) is 0 Å². The van der Waals surface area contributed by atoms with Crippen LogP contribution in [0.15, 0.2) is 18.2 Å². The van der Waals surface area contributed by atoms with Crippen molar-refractivity contribution in [1.82, 2.24) is 0 Å². The quantitative estimate of drug-likeness (QED) is 0.838. The van der Waals surface area contributed by atoms with Crippen LogP contribution in [0.25, 0.3) is 0 Å². The molecule has 18 heavy (non-hydrogen) atoms. The fraction of sp³-hybridized carbons (Fsp3) is 0.500. The fourth-order valence-electron chi connectivity index (χ4n) is 2.11. The number of benzene rings is 1. The Kier molecular flexibility index (Phi) is 3.85. The summed E-state index contributed by atoms with van der Waals surface area (Å²) in [4.78, 5) is 15.9. The number of hydrogen-bond donors (Lipinski definition) is 0. The van der Waals surface area contributed by atoms with E-state index in [4.69, 9.17) is 0 Å². The number of nitrogens with zero attached hydrogens (tertiary/aromatic N) is 2. The molecule has 3 nitrogen and oxygen atoms in total. The summed E-state index contributed by atoms with van der Waals surface area (Å²) in [5.41, 5.74) is 3.46. The van der Waals surface area contributed by atoms with Crippen LogP contribution >= 0.6 is 11.8 Å². The predicted octanol–water partition coefficient (Wildman–Crippen LogP) is 2.91. The first-order valence-corrected chi connectivity index (χ1v) is 7.35. The standard InChI is InChI=1S/C14H20N2OS/c1-10(2)12-6-5-11(15(3)4)7-13(12)16-9-18-8-14(16)17/h5-7,10H,8-9H2,1-4H3. The highest BCUT2D eigenvalue weighted by Crippen LogP contribution is 2.34. The lowest BCUT2D eigenvalue weighted by Crippen LogP contribution is -2.26. The third-order valence-electron chi connectivity index (χ3n) is 3.19. The van der Waals surface area contributed by atoms with E-state index in [-0.39, 0.29) is 5.91 Å². The van der Waals surface area contributed by atoms with Crippen molar-refractivity contribution >= 4 is 29.0 Å². The zero-order valence-electron chi connectivity index (χ0n) is 11.4. The predicted molar refractivity (Wildman–Crippen MR) is 79.7 cm³/mol. The van der Waals surface area contributed by atoms with Gasteiger partial charge in [-0.2, -0.15) is 0 Å². The van der Waals surface area contributed by atoms with Crippen molar-refractivity contribution in [2.45, 2.75) is 19.8 Å². The van der Waals surface area contributed by atoms with Crippen LogP contribution < -0.4 is 9.80 Å². The summed E-state index contributed by atoms with van der Waals surface area (Å²) >= 11 is 1.68. The molecular formula is C14H20N2OS. The normalized spacial score (nSPS) is 15.6. The zero-order valence-corrected chi connectivity index (χ0v) is 12.3. The van der Waals surface area contributed by atoms with Crippen LogP contribution in [0.2, 0.25) is 0 Å². The molecule has 1 aromatic rings. The monoisotopic (exact) mass is 264 g/mol. The van der Waals surface area contributed by atoms with Crippen LogP contribution in [0.5, 0.6) is 0 Å². The van der Waals surface area contributed by atoms with Crippen LogP contribution in [0.1, 0.15) is 25.3 Å². The maximum absolute atomic E-state index is 11.9. The minimum Gasteiger partial charge on any atom is -0.378 e. The van der Waals surface area contributed by atoms with E-state index in [1.807, 2.05) is 19.0 Å². The van der Waals surface area contributed by atoms with Crippen molar-refractivity contribution in [2.75, 3.05) is 35.5 Å². The van der Waals surface area contributed by atoms with Gasteiger partial charge in [0.25, 0.3) is 0 Å². The first-order valence-electron chi connectivity index (χ1n) is 6.20. The van der Waals surface area contributed by atoms with Crippen LogP contribution in [-0.2, 0) is 4.79 Å². The molecule has 0 aliphatic carbocycles. The lowest BCUT2D eigenvalue weighted by atomic mass is 9.99. The van der Waals surface area contributed by atoms with Gasteiger partial charge in [0.2, 0.25) is 5.91 Å². The summed E-state index contributed by atoms with van der Waals surface area (Å²) in [5.74, 6) is 2.02. The summed E-state index contributed by atoms with van der Waals surface area (Å²) < 4.78 is 0. The van der Waals surface area contributed by atoms with Gasteiger partial charge in [-0.05, 0) is 23.6 Å². The van der Waals surface area contributed by atoms with Crippen molar-refractivity contribution < 1.29 is 4.79 Å². The number of hydrogen-bond acceptors (Lipinski definition) is 3. The Hall–Kier alpha value is -1.16. The van der Waals surface area contributed by atoms with Gasteiger partial charge in [-0.3, -0.25) is 4.79 Å². The lowest BCUT2D eigenvalue weighted by molar-refractivity contribution is -0.115. The molecule has 1 fully saturated rings. The average molecular weight is 264 g/mol. The number of rotatable bonds is 3. The molecule has 1 aliphatic heterocycles. The Morgan fingerprint density at radius 2 is 2.06 bits per heavy atom. The number of carbonyl (C=O) groups is 1. The number of amides is 1. The summed E-state index contributed by atoms with van der Waals surface area (Å²) in [6, 6.07) is 6.39. The average Bonchev–Trinajstić information content (AvgIpc) is 2.74. The Morgan fingerprint density at radius 3 is 2.56 bits per heavy atom. The molecule has 1 heterocycles. The van der Waals surface area contributed by atoms with E-state index in [1.54, 1.807) is 11.8 Å². The fourth-order valence-corrected chi connectivity index (χ4v) is 3.00. The summed E-state index contributed by atoms with van der Waals surface area (Å²) in [5, 5.41) is 0. The van der Waals surface area contributed by atoms with Gasteiger partial charge in [0.05, 0.1) is 17.3 Å². The second kappa shape index (κ2) is 5.22. The van der Waals surface area contributed by atoms with Gasteiger partial charge >= 0.3 is 0 Å². The van der Waals surface area contributed by atoms with Crippen molar-refractivity contribution in [3.63, 3.8) is 0 Å². The van der Waals surface area contributed by atoms with Gasteiger partial charge in [0.1, 0.15) is 0 Å². The minimum absolute atomic E-state index is 0.220. The number of anilines is 2. The molecule has 0 unspecified atom stereocenters. The highest BCUT2D eigenvalue weighted by molar-refractivity contribution is 8.00. The Labute approximate surface area is 113 Å². The molecule has 98 valence electrons. The van der Waals surface area contributed by atoms with E-state index < -0.39 is 0 Å². The Bertz CT molecular complexity index is 457. The maximum Gasteiger partial charge on any atom is 0.237 e. The number of carbonyl (C=O) groups excluding carboxylic acids is 1. The largest absolute Gasteiger partial charge is 0.378 e. The van der Waals surface area contributed by atoms with E-state index in [9.17, 15) is 4.79 Å². The van der Waals surface area contributed by atoms with Gasteiger partial charge in [-0.15, -0.1) is 11.8 Å². The summed E-state index contributed by atoms with van der Waals surface area (Å²) in [6.45, 7) is 4.34. The van der Waals surface area contributed by atoms with Crippen molar-refractivity contribution in [3.05, 3.63) is 23.8 Å². The highest BCUT2D eigenvalue weighted by Gasteiger charge is 2.25. The molecule has 0 radical (unpaired) electrons. The SMILES string of the molecule is CC(C)c1ccc(N(C)C)cc1N1CSCC1=O. The molecule has 4 heteroatoms. The Balaban J connectivity index is 2.46. The van der Waals surface area contributed by atoms with Gasteiger partial charge < -0.3 is 9.80 Å². The molecule has 1 aliphatic rings. The van der Waals surface area contributed by atoms with Crippen molar-refractivity contribution in [3.8, 4) is 0 Å². The summed E-state index contributed by atoms with van der Waals surface area (Å²) in [6.07, 6.45) is 0. The molecule has 0 spiro atoms. The smallest absolute Gasteiger partial charge is 0.237 e. The van der Waals surface area contributed by atoms with Gasteiger partial charge in [-0.25, -0.2) is 0 Å². The molecule has 2 rings (SSSR count). The lowest BCUT2D eigenvalue weighted by Gasteiger charge is -2.24. The van der Waals surface area contributed by atoms with Gasteiger partial charge in [-0.1, -0.05) is 19.9 Å². The van der Waals surface area contributed by atoms with E-state index in [0.29, 0.717) is 11.7 Å². The molecule has 1 saturated heterocycles. The Morgan fingerprint density at radius 1 is 1.33 bits per heavy atom. The molecule has 0 atom stereocenters. The van der Waals surface area contributed by atoms with Crippen molar-refractivity contribution in [2.24, 2.45) is 0 Å². The minimum atomic E-state index is 0.220. The maximum atomic E-state index is 11.9. The van der Waals surface area contributed by atoms with Crippen molar-refractivity contribution in [1.29, 1.82) is 0 Å². The summed E-state index contributed by atoms with van der Waals surface area (Å²) in [7, 11) is 4.05. The topological polar surface area (TPSA) is 23.6 Å². The molecule has 0 bridgehead atoms. The van der Waals surface area contributed by atoms with Crippen LogP contribution in [0.4, 0.5) is 11.4 Å². The van der Waals surface area contributed by atoms with Crippen LogP contribution in [0, 0.1) is 0 Å². The third kappa shape index (κ3) is 2.48.